The molecule has 1 rings (SSSR count). The maximum Gasteiger partial charge on any atom is 0.176 e. The van der Waals surface area contributed by atoms with Crippen LogP contribution >= 0.6 is 31.9 Å². The summed E-state index contributed by atoms with van der Waals surface area (Å²) in [7, 11) is -1.74. The normalized spacial score (nSPS) is 11.4. The van der Waals surface area contributed by atoms with E-state index in [1.165, 1.54) is 13.2 Å². The topological polar surface area (TPSA) is 43.4 Å². The highest BCUT2D eigenvalue weighted by atomic mass is 79.9. The third-order valence-corrected chi connectivity index (χ3v) is 4.28. The summed E-state index contributed by atoms with van der Waals surface area (Å²) in [6, 6.07) is 3.12. The minimum absolute atomic E-state index is 0.220. The van der Waals surface area contributed by atoms with Crippen LogP contribution in [0.25, 0.3) is 0 Å². The molecule has 0 spiro atoms. The minimum Gasteiger partial charge on any atom is -0.496 e. The lowest BCUT2D eigenvalue weighted by Crippen LogP contribution is -1.99. The first-order valence-corrected chi connectivity index (χ1v) is 7.07. The average molecular weight is 344 g/mol. The monoisotopic (exact) mass is 342 g/mol. The van der Waals surface area contributed by atoms with Crippen molar-refractivity contribution < 1.29 is 13.2 Å². The lowest BCUT2D eigenvalue weighted by molar-refractivity contribution is 0.410. The molecule has 0 fully saturated rings. The van der Waals surface area contributed by atoms with Crippen LogP contribution in [0, 0.1) is 0 Å². The maximum absolute atomic E-state index is 11.3. The number of halogens is 2. The van der Waals surface area contributed by atoms with Gasteiger partial charge in [0, 0.05) is 16.8 Å². The first kappa shape index (κ1) is 12.0. The molecule has 6 heteroatoms. The van der Waals surface area contributed by atoms with Gasteiger partial charge in [-0.05, 0) is 37.9 Å². The fourth-order valence-corrected chi connectivity index (χ4v) is 3.72. The molecule has 0 saturated carbocycles. The van der Waals surface area contributed by atoms with E-state index in [0.29, 0.717) is 14.7 Å². The van der Waals surface area contributed by atoms with E-state index in [-0.39, 0.29) is 4.90 Å². The quantitative estimate of drug-likeness (QED) is 0.829. The zero-order valence-electron chi connectivity index (χ0n) is 7.54. The molecule has 1 aromatic carbocycles. The fraction of sp³-hybridized carbons (Fsp3) is 0.250. The molecule has 0 saturated heterocycles. The molecular formula is C8H8Br2O3S. The Morgan fingerprint density at radius 1 is 1.21 bits per heavy atom. The Bertz CT molecular complexity index is 454. The van der Waals surface area contributed by atoms with Gasteiger partial charge in [-0.1, -0.05) is 0 Å². The number of methoxy groups -OCH3 is 1. The van der Waals surface area contributed by atoms with Crippen molar-refractivity contribution in [2.24, 2.45) is 0 Å². The highest BCUT2D eigenvalue weighted by Gasteiger charge is 2.15. The van der Waals surface area contributed by atoms with Crippen LogP contribution in [-0.2, 0) is 9.84 Å². The summed E-state index contributed by atoms with van der Waals surface area (Å²) in [6.45, 7) is 0. The van der Waals surface area contributed by atoms with E-state index in [1.54, 1.807) is 6.07 Å². The molecule has 0 aliphatic carbocycles. The second-order valence-corrected chi connectivity index (χ2v) is 6.38. The van der Waals surface area contributed by atoms with E-state index in [0.717, 1.165) is 6.26 Å². The maximum atomic E-state index is 11.3. The standard InChI is InChI=1S/C8H8Br2O3S/c1-13-7-4-8(14(2,11)12)6(10)3-5(7)9/h3-4H,1-2H3. The van der Waals surface area contributed by atoms with Gasteiger partial charge in [0.05, 0.1) is 16.5 Å². The molecule has 0 aliphatic rings. The van der Waals surface area contributed by atoms with Gasteiger partial charge in [-0.2, -0.15) is 0 Å². The average Bonchev–Trinajstić information content (AvgIpc) is 2.02. The summed E-state index contributed by atoms with van der Waals surface area (Å²) >= 11 is 6.44. The molecule has 0 unspecified atom stereocenters. The van der Waals surface area contributed by atoms with Gasteiger partial charge in [0.1, 0.15) is 5.75 Å². The van der Waals surface area contributed by atoms with Gasteiger partial charge in [0.15, 0.2) is 9.84 Å². The van der Waals surface area contributed by atoms with E-state index in [4.69, 9.17) is 4.74 Å². The van der Waals surface area contributed by atoms with Gasteiger partial charge in [-0.25, -0.2) is 8.42 Å². The van der Waals surface area contributed by atoms with E-state index < -0.39 is 9.84 Å². The smallest absolute Gasteiger partial charge is 0.176 e. The Labute approximate surface area is 99.6 Å². The van der Waals surface area contributed by atoms with E-state index in [9.17, 15) is 8.42 Å². The van der Waals surface area contributed by atoms with Gasteiger partial charge < -0.3 is 4.74 Å². The van der Waals surface area contributed by atoms with Crippen molar-refractivity contribution in [3.8, 4) is 5.75 Å². The van der Waals surface area contributed by atoms with Crippen molar-refractivity contribution in [2.45, 2.75) is 4.90 Å². The van der Waals surface area contributed by atoms with Gasteiger partial charge >= 0.3 is 0 Å². The first-order valence-electron chi connectivity index (χ1n) is 3.59. The molecule has 0 bridgehead atoms. The van der Waals surface area contributed by atoms with Crippen LogP contribution in [0.3, 0.4) is 0 Å². The number of hydrogen-bond donors (Lipinski definition) is 0. The zero-order chi connectivity index (χ0) is 10.9. The van der Waals surface area contributed by atoms with Crippen LogP contribution in [0.2, 0.25) is 0 Å². The molecule has 14 heavy (non-hydrogen) atoms. The largest absolute Gasteiger partial charge is 0.496 e. The second-order valence-electron chi connectivity index (χ2n) is 2.69. The molecule has 78 valence electrons. The van der Waals surface area contributed by atoms with Crippen LogP contribution in [0.5, 0.6) is 5.75 Å². The van der Waals surface area contributed by atoms with Crippen molar-refractivity contribution in [2.75, 3.05) is 13.4 Å². The summed E-state index contributed by atoms with van der Waals surface area (Å²) < 4.78 is 28.9. The molecule has 0 N–H and O–H groups in total. The third-order valence-electron chi connectivity index (χ3n) is 1.61. The van der Waals surface area contributed by atoms with E-state index in [1.807, 2.05) is 0 Å². The van der Waals surface area contributed by atoms with Crippen molar-refractivity contribution in [3.05, 3.63) is 21.1 Å². The van der Waals surface area contributed by atoms with Crippen molar-refractivity contribution in [3.63, 3.8) is 0 Å². The number of ether oxygens (including phenoxy) is 1. The molecule has 0 aliphatic heterocycles. The van der Waals surface area contributed by atoms with Gasteiger partial charge in [-0.15, -0.1) is 0 Å². The summed E-state index contributed by atoms with van der Waals surface area (Å²) in [5.41, 5.74) is 0. The Morgan fingerprint density at radius 3 is 2.21 bits per heavy atom. The van der Waals surface area contributed by atoms with Crippen LogP contribution in [0.4, 0.5) is 0 Å². The Hall–Kier alpha value is -0.0700. The first-order chi connectivity index (χ1) is 6.36. The molecule has 0 atom stereocenters. The van der Waals surface area contributed by atoms with Crippen LogP contribution in [0.1, 0.15) is 0 Å². The highest BCUT2D eigenvalue weighted by Crippen LogP contribution is 2.33. The van der Waals surface area contributed by atoms with Gasteiger partial charge in [0.25, 0.3) is 0 Å². The minimum atomic E-state index is -3.23. The van der Waals surface area contributed by atoms with E-state index in [2.05, 4.69) is 31.9 Å². The Kier molecular flexibility index (Phi) is 3.60. The number of sulfone groups is 1. The predicted octanol–water partition coefficient (Wildman–Crippen LogP) is 2.62. The van der Waals surface area contributed by atoms with Gasteiger partial charge in [0.2, 0.25) is 0 Å². The van der Waals surface area contributed by atoms with Gasteiger partial charge in [-0.3, -0.25) is 0 Å². The van der Waals surface area contributed by atoms with Crippen LogP contribution in [0.15, 0.2) is 26.0 Å². The number of benzene rings is 1. The summed E-state index contributed by atoms with van der Waals surface area (Å²) in [5.74, 6) is 0.494. The predicted molar refractivity (Wildman–Crippen MR) is 61.5 cm³/mol. The van der Waals surface area contributed by atoms with Crippen molar-refractivity contribution in [1.82, 2.24) is 0 Å². The summed E-state index contributed by atoms with van der Waals surface area (Å²) in [4.78, 5) is 0.220. The molecule has 0 radical (unpaired) electrons. The zero-order valence-corrected chi connectivity index (χ0v) is 11.5. The SMILES string of the molecule is COc1cc(S(C)(=O)=O)c(Br)cc1Br. The molecule has 0 amide bonds. The van der Waals surface area contributed by atoms with Crippen LogP contribution < -0.4 is 4.74 Å². The molecular weight excluding hydrogens is 336 g/mol. The van der Waals surface area contributed by atoms with Crippen molar-refractivity contribution in [1.29, 1.82) is 0 Å². The molecule has 3 nitrogen and oxygen atoms in total. The fourth-order valence-electron chi connectivity index (χ4n) is 0.951. The van der Waals surface area contributed by atoms with Crippen molar-refractivity contribution >= 4 is 41.7 Å². The summed E-state index contributed by atoms with van der Waals surface area (Å²) in [6.07, 6.45) is 1.15. The molecule has 0 aromatic heterocycles. The van der Waals surface area contributed by atoms with E-state index >= 15 is 0 Å². The highest BCUT2D eigenvalue weighted by molar-refractivity contribution is 9.11. The lowest BCUT2D eigenvalue weighted by Gasteiger charge is -2.07. The summed E-state index contributed by atoms with van der Waals surface area (Å²) in [5, 5.41) is 0. The number of rotatable bonds is 2. The molecule has 0 heterocycles. The molecule has 1 aromatic rings. The number of hydrogen-bond acceptors (Lipinski definition) is 3. The second kappa shape index (κ2) is 4.20. The van der Waals surface area contributed by atoms with Crippen LogP contribution in [-0.4, -0.2) is 21.8 Å². The Balaban J connectivity index is 3.47. The third kappa shape index (κ3) is 2.49. The Morgan fingerprint density at radius 2 is 1.79 bits per heavy atom. The lowest BCUT2D eigenvalue weighted by atomic mass is 10.3.